The number of hydrogen-bond donors (Lipinski definition) is 4. The lowest BCUT2D eigenvalue weighted by atomic mass is 9.88. The molecule has 4 N–H and O–H groups in total. The fourth-order valence-corrected chi connectivity index (χ4v) is 15.2. The number of esters is 2. The molecule has 2 aromatic rings. The van der Waals surface area contributed by atoms with Crippen LogP contribution in [0.25, 0.3) is 0 Å². The van der Waals surface area contributed by atoms with Gasteiger partial charge in [-0.1, -0.05) is 136 Å². The number of urea groups is 2. The molecule has 0 bridgehead atoms. The summed E-state index contributed by atoms with van der Waals surface area (Å²) in [6.07, 6.45) is 1.62. The van der Waals surface area contributed by atoms with E-state index in [1.807, 2.05) is 130 Å². The summed E-state index contributed by atoms with van der Waals surface area (Å²) in [5.74, 6) is -6.08. The summed E-state index contributed by atoms with van der Waals surface area (Å²) in [7, 11) is 15.1. The maximum absolute atomic E-state index is 15.3. The minimum absolute atomic E-state index is 0.0943. The van der Waals surface area contributed by atoms with Crippen LogP contribution in [-0.4, -0.2) is 258 Å². The van der Waals surface area contributed by atoms with Gasteiger partial charge in [-0.15, -0.1) is 0 Å². The topological polar surface area (TPSA) is 294 Å². The SMILES string of the molecule is CC[C@H](C)[C@@H]([C@@H](CC(=O)N1CCC[C@H]1[C@H](OC)[C@@H](C)C(=O)N[C@@H](Cc1ccccc1)C(=O)OC)OC)N(C)C(=O)[C@@H](NC(=O)N(C(C)C)C(C)CCC(C)[C@H](NC(=O)N(C)C)C(=O)N(C)[C@@H]([C@@H](C)CC)[C@@H](CC(=O)N1CCC[C@H]1[C@H](OC)[C@@H](C)C(=O)N[C@@H](Cc1ccccc1)C(=O)OC)OC)C(C)C. The number of rotatable bonds is 41. The molecular formula is C78H128N10O16. The van der Waals surface area contributed by atoms with Gasteiger partial charge in [-0.2, -0.15) is 0 Å². The van der Waals surface area contributed by atoms with Crippen molar-refractivity contribution >= 4 is 59.4 Å². The molecular weight excluding hydrogens is 1330 g/mol. The molecule has 10 amide bonds. The van der Waals surface area contributed by atoms with Crippen molar-refractivity contribution in [1.29, 1.82) is 0 Å². The van der Waals surface area contributed by atoms with Crippen LogP contribution in [0.15, 0.2) is 60.7 Å². The summed E-state index contributed by atoms with van der Waals surface area (Å²) < 4.78 is 34.5. The Balaban J connectivity index is 1.51. The molecule has 2 heterocycles. The van der Waals surface area contributed by atoms with Crippen molar-refractivity contribution in [2.45, 2.75) is 245 Å². The first-order valence-electron chi connectivity index (χ1n) is 37.4. The molecule has 2 aliphatic rings. The van der Waals surface area contributed by atoms with Crippen molar-refractivity contribution in [3.8, 4) is 0 Å². The van der Waals surface area contributed by atoms with Gasteiger partial charge in [0.1, 0.15) is 24.2 Å². The highest BCUT2D eigenvalue weighted by molar-refractivity contribution is 5.90. The minimum Gasteiger partial charge on any atom is -0.467 e. The predicted octanol–water partition coefficient (Wildman–Crippen LogP) is 7.52. The van der Waals surface area contributed by atoms with Gasteiger partial charge >= 0.3 is 24.0 Å². The summed E-state index contributed by atoms with van der Waals surface area (Å²) >= 11 is 0. The van der Waals surface area contributed by atoms with Crippen LogP contribution in [0.4, 0.5) is 9.59 Å². The molecule has 2 saturated heterocycles. The average Bonchev–Trinajstić information content (AvgIpc) is 1.61. The Morgan fingerprint density at radius 2 is 0.875 bits per heavy atom. The second kappa shape index (κ2) is 43.3. The van der Waals surface area contributed by atoms with E-state index in [-0.39, 0.29) is 67.2 Å². The third-order valence-corrected chi connectivity index (χ3v) is 21.7. The van der Waals surface area contributed by atoms with Gasteiger partial charge in [-0.3, -0.25) is 28.8 Å². The van der Waals surface area contributed by atoms with Gasteiger partial charge in [-0.25, -0.2) is 19.2 Å². The Morgan fingerprint density at radius 1 is 0.490 bits per heavy atom. The molecule has 26 heteroatoms. The number of carbonyl (C=O) groups is 10. The van der Waals surface area contributed by atoms with Crippen LogP contribution < -0.4 is 21.3 Å². The quantitative estimate of drug-likeness (QED) is 0.0468. The van der Waals surface area contributed by atoms with Crippen LogP contribution in [0.3, 0.4) is 0 Å². The van der Waals surface area contributed by atoms with E-state index in [2.05, 4.69) is 21.3 Å². The fraction of sp³-hybridized carbons (Fsp3) is 0.718. The summed E-state index contributed by atoms with van der Waals surface area (Å²) in [4.78, 5) is 152. The van der Waals surface area contributed by atoms with Crippen molar-refractivity contribution in [2.75, 3.05) is 83.9 Å². The van der Waals surface area contributed by atoms with Gasteiger partial charge in [0, 0.05) is 94.6 Å². The molecule has 0 saturated carbocycles. The lowest BCUT2D eigenvalue weighted by molar-refractivity contribution is -0.148. The van der Waals surface area contributed by atoms with Crippen molar-refractivity contribution in [3.63, 3.8) is 0 Å². The van der Waals surface area contributed by atoms with Gasteiger partial charge < -0.3 is 79.1 Å². The standard InChI is InChI=1S/C78H128N10O16/c1-23-49(7)67(61(99-17)45-63(89)86-41-31-37-59(86)69(101-19)53(11)71(91)79-57(75(95)103-21)43-55-33-27-25-28-34-55)84(15)73(93)65(47(3)4)81-78(98)88(48(5)6)52(10)40-39-51(9)66(82-77(97)83(13)14)74(94)85(16)68(50(8)24-2)62(100-18)46-64(90)87-42-32-38-60(87)70(102-20)54(12)72(92)80-58(76(96)104-22)44-56-35-29-26-30-36-56/h25-30,33-36,47-54,57-62,65-70H,23-24,31-32,37-46H2,1-22H3,(H,79,91)(H,80,92)(H,81,98)(H,82,97)/t49-,50-,51?,52?,53+,54+,57-,58-,59-,60-,61+,62+,65-,66-,67-,68-,69+,70+/m0/s1. The first-order valence-corrected chi connectivity index (χ1v) is 37.4. The summed E-state index contributed by atoms with van der Waals surface area (Å²) in [6.45, 7) is 23.5. The normalized spacial score (nSPS) is 19.2. The zero-order valence-electron chi connectivity index (χ0n) is 66.4. The average molecular weight is 1460 g/mol. The van der Waals surface area contributed by atoms with E-state index in [0.717, 1.165) is 11.1 Å². The molecule has 26 nitrogen and oxygen atoms in total. The number of likely N-dealkylation sites (tertiary alicyclic amines) is 2. The second-order valence-corrected chi connectivity index (χ2v) is 29.6. The highest BCUT2D eigenvalue weighted by Gasteiger charge is 2.47. The number of nitrogens with one attached hydrogen (secondary N) is 4. The molecule has 18 atom stereocenters. The number of methoxy groups -OCH3 is 6. The molecule has 2 unspecified atom stereocenters. The Hall–Kier alpha value is -7.42. The molecule has 586 valence electrons. The van der Waals surface area contributed by atoms with Crippen LogP contribution in [0.1, 0.15) is 158 Å². The monoisotopic (exact) mass is 1460 g/mol. The predicted molar refractivity (Wildman–Crippen MR) is 398 cm³/mol. The van der Waals surface area contributed by atoms with Crippen LogP contribution in [0, 0.1) is 35.5 Å². The first kappa shape index (κ1) is 89.0. The van der Waals surface area contributed by atoms with Crippen molar-refractivity contribution < 1.29 is 76.4 Å². The molecule has 0 aliphatic carbocycles. The van der Waals surface area contributed by atoms with Crippen molar-refractivity contribution in [1.82, 2.24) is 50.7 Å². The van der Waals surface area contributed by atoms with E-state index in [4.69, 9.17) is 28.4 Å². The third-order valence-electron chi connectivity index (χ3n) is 21.7. The maximum Gasteiger partial charge on any atom is 0.328 e. The zero-order chi connectivity index (χ0) is 78.0. The van der Waals surface area contributed by atoms with Gasteiger partial charge in [0.25, 0.3) is 0 Å². The Morgan fingerprint density at radius 3 is 1.21 bits per heavy atom. The molecule has 104 heavy (non-hydrogen) atoms. The molecule has 0 spiro atoms. The maximum atomic E-state index is 15.3. The zero-order valence-corrected chi connectivity index (χ0v) is 66.4. The summed E-state index contributed by atoms with van der Waals surface area (Å²) in [6, 6.07) is 10.6. The molecule has 2 aromatic carbocycles. The van der Waals surface area contributed by atoms with Gasteiger partial charge in [0.15, 0.2) is 0 Å². The van der Waals surface area contributed by atoms with Crippen LogP contribution in [0.2, 0.25) is 0 Å². The van der Waals surface area contributed by atoms with Gasteiger partial charge in [-0.05, 0) is 94.1 Å². The van der Waals surface area contributed by atoms with E-state index >= 15 is 9.59 Å². The summed E-state index contributed by atoms with van der Waals surface area (Å²) in [5.41, 5.74) is 1.68. The highest BCUT2D eigenvalue weighted by atomic mass is 16.5. The number of ether oxygens (including phenoxy) is 6. The first-order chi connectivity index (χ1) is 49.2. The van der Waals surface area contributed by atoms with Crippen LogP contribution in [-0.2, 0) is 79.6 Å². The van der Waals surface area contributed by atoms with Crippen molar-refractivity contribution in [2.24, 2.45) is 35.5 Å². The Kier molecular flexibility index (Phi) is 37.0. The molecule has 4 rings (SSSR count). The van der Waals surface area contributed by atoms with E-state index < -0.39 is 138 Å². The smallest absolute Gasteiger partial charge is 0.328 e. The van der Waals surface area contributed by atoms with Crippen LogP contribution >= 0.6 is 0 Å². The molecule has 2 fully saturated rings. The van der Waals surface area contributed by atoms with E-state index in [1.54, 1.807) is 66.5 Å². The largest absolute Gasteiger partial charge is 0.467 e. The summed E-state index contributed by atoms with van der Waals surface area (Å²) in [5, 5.41) is 11.8. The molecule has 2 aliphatic heterocycles. The van der Waals surface area contributed by atoms with Crippen LogP contribution in [0.5, 0.6) is 0 Å². The fourth-order valence-electron chi connectivity index (χ4n) is 15.2. The van der Waals surface area contributed by atoms with E-state index in [1.165, 1.54) is 47.6 Å². The number of amides is 10. The number of carbonyl (C=O) groups excluding carboxylic acids is 10. The van der Waals surface area contributed by atoms with Gasteiger partial charge in [0.05, 0.1) is 87.5 Å². The highest BCUT2D eigenvalue weighted by Crippen LogP contribution is 2.33. The Labute approximate surface area is 620 Å². The number of hydrogen-bond acceptors (Lipinski definition) is 16. The lowest BCUT2D eigenvalue weighted by Crippen LogP contribution is -2.60. The molecule has 0 aromatic heterocycles. The van der Waals surface area contributed by atoms with Gasteiger partial charge in [0.2, 0.25) is 35.4 Å². The van der Waals surface area contributed by atoms with E-state index in [9.17, 15) is 38.4 Å². The molecule has 0 radical (unpaired) electrons. The van der Waals surface area contributed by atoms with Crippen molar-refractivity contribution in [3.05, 3.63) is 71.8 Å². The minimum atomic E-state index is -1.06. The number of benzene rings is 2. The van der Waals surface area contributed by atoms with E-state index in [0.29, 0.717) is 64.5 Å². The second-order valence-electron chi connectivity index (χ2n) is 29.6. The Bertz CT molecular complexity index is 3050. The number of likely N-dealkylation sites (N-methyl/N-ethyl adjacent to an activating group) is 2. The third kappa shape index (κ3) is 24.0. The number of nitrogens with zero attached hydrogens (tertiary/aromatic N) is 6. The lowest BCUT2D eigenvalue weighted by Gasteiger charge is -2.42.